The number of aromatic nitrogens is 3. The molecule has 0 spiro atoms. The number of para-hydroxylation sites is 1. The van der Waals surface area contributed by atoms with Crippen molar-refractivity contribution < 1.29 is 13.9 Å². The Hall–Kier alpha value is -2.06. The number of ether oxygens (including phenoxy) is 2. The minimum absolute atomic E-state index is 0.190. The minimum Gasteiger partial charge on any atom is -0.493 e. The molecule has 5 nitrogen and oxygen atoms in total. The van der Waals surface area contributed by atoms with Crippen molar-refractivity contribution in [3.8, 4) is 11.5 Å². The van der Waals surface area contributed by atoms with Crippen LogP contribution in [0.25, 0.3) is 0 Å². The van der Waals surface area contributed by atoms with Crippen molar-refractivity contribution in [2.45, 2.75) is 50.4 Å². The molecule has 0 unspecified atom stereocenters. The van der Waals surface area contributed by atoms with Crippen LogP contribution in [0.3, 0.4) is 0 Å². The van der Waals surface area contributed by atoms with E-state index >= 15 is 0 Å². The number of hydrogen-bond donors (Lipinski definition) is 0. The summed E-state index contributed by atoms with van der Waals surface area (Å²) in [5.74, 6) is 4.49. The van der Waals surface area contributed by atoms with Crippen LogP contribution in [-0.4, -0.2) is 27.1 Å². The lowest BCUT2D eigenvalue weighted by atomic mass is 9.84. The summed E-state index contributed by atoms with van der Waals surface area (Å²) in [6, 6.07) is 14.6. The van der Waals surface area contributed by atoms with Gasteiger partial charge < -0.3 is 9.47 Å². The Labute approximate surface area is 212 Å². The summed E-state index contributed by atoms with van der Waals surface area (Å²) in [6.07, 6.45) is 5.32. The summed E-state index contributed by atoms with van der Waals surface area (Å²) in [7, 11) is 0. The molecular formula is C26H29BrFN3O2S. The average molecular weight is 547 g/mol. The molecule has 3 aromatic rings. The van der Waals surface area contributed by atoms with Crippen molar-refractivity contribution in [1.29, 1.82) is 0 Å². The van der Waals surface area contributed by atoms with Gasteiger partial charge in [-0.1, -0.05) is 46.2 Å². The number of hydrogen-bond acceptors (Lipinski definition) is 5. The summed E-state index contributed by atoms with van der Waals surface area (Å²) in [4.78, 5) is 0. The van der Waals surface area contributed by atoms with Gasteiger partial charge in [0.05, 0.1) is 6.61 Å². The smallest absolute Gasteiger partial charge is 0.191 e. The Bertz CT molecular complexity index is 1110. The van der Waals surface area contributed by atoms with Crippen LogP contribution in [0.2, 0.25) is 0 Å². The van der Waals surface area contributed by atoms with Crippen molar-refractivity contribution in [2.24, 2.45) is 17.8 Å². The van der Waals surface area contributed by atoms with E-state index in [2.05, 4.69) is 37.6 Å². The summed E-state index contributed by atoms with van der Waals surface area (Å²) >= 11 is 5.09. The Morgan fingerprint density at radius 3 is 2.65 bits per heavy atom. The van der Waals surface area contributed by atoms with Crippen LogP contribution in [0.1, 0.15) is 44.5 Å². The molecular weight excluding hydrogens is 517 g/mol. The van der Waals surface area contributed by atoms with E-state index in [4.69, 9.17) is 9.47 Å². The third-order valence-corrected chi connectivity index (χ3v) is 8.58. The molecule has 0 amide bonds. The lowest BCUT2D eigenvalue weighted by Crippen LogP contribution is -2.24. The van der Waals surface area contributed by atoms with Crippen LogP contribution in [-0.2, 0) is 6.61 Å². The summed E-state index contributed by atoms with van der Waals surface area (Å²) in [5, 5.41) is 9.84. The zero-order valence-electron chi connectivity index (χ0n) is 19.2. The maximum atomic E-state index is 14.1. The number of nitrogens with zero attached hydrogens (tertiary/aromatic N) is 3. The third kappa shape index (κ3) is 5.28. The normalized spacial score (nSPS) is 22.1. The molecule has 1 aromatic heterocycles. The molecule has 1 heterocycles. The first-order valence-electron chi connectivity index (χ1n) is 11.9. The molecule has 8 heteroatoms. The fourth-order valence-corrected chi connectivity index (χ4v) is 6.64. The van der Waals surface area contributed by atoms with Gasteiger partial charge in [0.2, 0.25) is 0 Å². The molecule has 34 heavy (non-hydrogen) atoms. The van der Waals surface area contributed by atoms with Gasteiger partial charge in [-0.25, -0.2) is 4.39 Å². The molecule has 4 atom stereocenters. The molecule has 0 N–H and O–H groups in total. The number of thioether (sulfide) groups is 1. The molecule has 2 aliphatic rings. The molecule has 2 saturated carbocycles. The van der Waals surface area contributed by atoms with Gasteiger partial charge in [0.1, 0.15) is 12.4 Å². The van der Waals surface area contributed by atoms with Crippen molar-refractivity contribution in [2.75, 3.05) is 12.4 Å². The van der Waals surface area contributed by atoms with Crippen LogP contribution in [0.4, 0.5) is 4.39 Å². The first-order chi connectivity index (χ1) is 16.6. The topological polar surface area (TPSA) is 49.2 Å². The fourth-order valence-electron chi connectivity index (χ4n) is 5.52. The van der Waals surface area contributed by atoms with Gasteiger partial charge >= 0.3 is 0 Å². The Morgan fingerprint density at radius 1 is 1.09 bits per heavy atom. The van der Waals surface area contributed by atoms with E-state index in [0.29, 0.717) is 12.5 Å². The molecule has 2 aliphatic carbocycles. The minimum atomic E-state index is -0.366. The first-order valence-corrected chi connectivity index (χ1v) is 13.7. The molecule has 5 rings (SSSR count). The predicted molar refractivity (Wildman–Crippen MR) is 135 cm³/mol. The fraction of sp³-hybridized carbons (Fsp3) is 0.462. The van der Waals surface area contributed by atoms with Gasteiger partial charge in [-0.15, -0.1) is 10.2 Å². The van der Waals surface area contributed by atoms with E-state index in [1.54, 1.807) is 30.0 Å². The van der Waals surface area contributed by atoms with E-state index < -0.39 is 0 Å². The quantitative estimate of drug-likeness (QED) is 0.204. The van der Waals surface area contributed by atoms with E-state index in [9.17, 15) is 4.39 Å². The lowest BCUT2D eigenvalue weighted by molar-refractivity contribution is 0.215. The van der Waals surface area contributed by atoms with E-state index in [1.807, 2.05) is 24.3 Å². The van der Waals surface area contributed by atoms with Gasteiger partial charge in [-0.05, 0) is 80.3 Å². The Kier molecular flexibility index (Phi) is 7.44. The highest BCUT2D eigenvalue weighted by Crippen LogP contribution is 2.52. The largest absolute Gasteiger partial charge is 0.493 e. The second-order valence-corrected chi connectivity index (χ2v) is 11.2. The number of halogens is 2. The summed E-state index contributed by atoms with van der Waals surface area (Å²) in [5.41, 5.74) is 0. The Morgan fingerprint density at radius 2 is 1.91 bits per heavy atom. The van der Waals surface area contributed by atoms with Gasteiger partial charge in [-0.3, -0.25) is 4.57 Å². The molecule has 2 fully saturated rings. The second kappa shape index (κ2) is 10.7. The van der Waals surface area contributed by atoms with Crippen LogP contribution in [0.5, 0.6) is 11.5 Å². The van der Waals surface area contributed by atoms with Crippen molar-refractivity contribution >= 4 is 27.7 Å². The highest BCUT2D eigenvalue weighted by atomic mass is 79.9. The van der Waals surface area contributed by atoms with E-state index in [0.717, 1.165) is 38.8 Å². The molecule has 0 saturated heterocycles. The third-order valence-electron chi connectivity index (χ3n) is 7.15. The van der Waals surface area contributed by atoms with Crippen molar-refractivity contribution in [3.63, 3.8) is 0 Å². The highest BCUT2D eigenvalue weighted by molar-refractivity contribution is 9.10. The first kappa shape index (κ1) is 23.7. The van der Waals surface area contributed by atoms with Crippen LogP contribution in [0, 0.1) is 23.6 Å². The SMILES string of the molecule is C[C@H]([C@H]1C[C@@H]2CC[C@@H]1C2)n1c(COc2ccccc2F)nnc1SCCOc1ccc(Br)cc1. The Balaban J connectivity index is 1.28. The lowest BCUT2D eigenvalue weighted by Gasteiger charge is -2.30. The molecule has 0 radical (unpaired) electrons. The maximum Gasteiger partial charge on any atom is 0.191 e. The molecule has 0 aliphatic heterocycles. The zero-order chi connectivity index (χ0) is 23.5. The standard InChI is InChI=1S/C26H29BrFN3O2S/c1-17(22-15-18-6-7-19(22)14-18)31-25(16-33-24-5-3-2-4-23(24)28)29-30-26(31)34-13-12-32-21-10-8-20(27)9-11-21/h2-5,8-11,17-19,22H,6-7,12-16H2,1H3/t17-,18-,19-,22-/m1/s1. The van der Waals surface area contributed by atoms with Gasteiger partial charge in [0, 0.05) is 16.3 Å². The monoisotopic (exact) mass is 545 g/mol. The summed E-state index contributed by atoms with van der Waals surface area (Å²) in [6.45, 7) is 3.04. The van der Waals surface area contributed by atoms with Gasteiger partial charge in [0.15, 0.2) is 22.5 Å². The zero-order valence-corrected chi connectivity index (χ0v) is 21.6. The second-order valence-electron chi connectivity index (χ2n) is 9.22. The highest BCUT2D eigenvalue weighted by Gasteiger charge is 2.43. The van der Waals surface area contributed by atoms with Crippen LogP contribution in [0.15, 0.2) is 58.2 Å². The van der Waals surface area contributed by atoms with E-state index in [-0.39, 0.29) is 24.2 Å². The number of rotatable bonds is 10. The van der Waals surface area contributed by atoms with E-state index in [1.165, 1.54) is 31.7 Å². The molecule has 2 aromatic carbocycles. The van der Waals surface area contributed by atoms with Crippen molar-refractivity contribution in [1.82, 2.24) is 14.8 Å². The predicted octanol–water partition coefficient (Wildman–Crippen LogP) is 6.93. The van der Waals surface area contributed by atoms with Crippen LogP contribution < -0.4 is 9.47 Å². The maximum absolute atomic E-state index is 14.1. The number of fused-ring (bicyclic) bond motifs is 2. The van der Waals surface area contributed by atoms with Crippen LogP contribution >= 0.6 is 27.7 Å². The average Bonchev–Trinajstić information content (AvgIpc) is 3.58. The van der Waals surface area contributed by atoms with Gasteiger partial charge in [0.25, 0.3) is 0 Å². The summed E-state index contributed by atoms with van der Waals surface area (Å²) < 4.78 is 29.0. The van der Waals surface area contributed by atoms with Crippen molar-refractivity contribution in [3.05, 3.63) is 64.6 Å². The number of benzene rings is 2. The molecule has 2 bridgehead atoms. The van der Waals surface area contributed by atoms with Gasteiger partial charge in [-0.2, -0.15) is 0 Å². The molecule has 180 valence electrons.